The van der Waals surface area contributed by atoms with Crippen LogP contribution < -0.4 is 0 Å². The Balaban J connectivity index is 0. The second-order valence-corrected chi connectivity index (χ2v) is 1.34. The van der Waals surface area contributed by atoms with E-state index in [1.807, 2.05) is 0 Å². The molecule has 38 valence electrons. The van der Waals surface area contributed by atoms with Gasteiger partial charge >= 0.3 is 29.6 Å². The van der Waals surface area contributed by atoms with Crippen molar-refractivity contribution in [1.29, 1.82) is 0 Å². The molecule has 0 N–H and O–H groups in total. The van der Waals surface area contributed by atoms with Crippen LogP contribution in [0.4, 0.5) is 0 Å². The quantitative estimate of drug-likeness (QED) is 0.405. The van der Waals surface area contributed by atoms with Crippen molar-refractivity contribution in [3.63, 3.8) is 0 Å². The summed E-state index contributed by atoms with van der Waals surface area (Å²) in [6.07, 6.45) is 0.503. The summed E-state index contributed by atoms with van der Waals surface area (Å²) < 4.78 is 4.40. The monoisotopic (exact) mass is 128 g/mol. The van der Waals surface area contributed by atoms with Crippen LogP contribution in [0.25, 0.3) is 0 Å². The van der Waals surface area contributed by atoms with E-state index in [0.717, 1.165) is 0 Å². The summed E-state index contributed by atoms with van der Waals surface area (Å²) in [4.78, 5) is 9.99. The second-order valence-electron chi connectivity index (χ2n) is 0.930. The molecule has 0 aromatic heterocycles. The molecule has 0 fully saturated rings. The van der Waals surface area contributed by atoms with Crippen molar-refractivity contribution in [2.75, 3.05) is 0 Å². The molecule has 0 atom stereocenters. The van der Waals surface area contributed by atoms with Crippen LogP contribution >= 0.6 is 0 Å². The fourth-order valence-electron chi connectivity index (χ4n) is 0.144. The predicted octanol–water partition coefficient (Wildman–Crippen LogP) is -1.43. The summed E-state index contributed by atoms with van der Waals surface area (Å²) in [5.74, 6) is -0.0957. The van der Waals surface area contributed by atoms with Crippen LogP contribution in [0.15, 0.2) is 0 Å². The predicted molar refractivity (Wildman–Crippen MR) is 33.5 cm³/mol. The molecule has 4 heteroatoms. The van der Waals surface area contributed by atoms with Gasteiger partial charge in [-0.15, -0.1) is 0 Å². The number of hydrogen-bond acceptors (Lipinski definition) is 2. The van der Waals surface area contributed by atoms with Crippen LogP contribution in [0.3, 0.4) is 0 Å². The maximum absolute atomic E-state index is 9.99. The first-order chi connectivity index (χ1) is 2.81. The fourth-order valence-corrected chi connectivity index (χ4v) is 0.433. The molecule has 0 aliphatic heterocycles. The molecule has 0 spiro atoms. The summed E-state index contributed by atoms with van der Waals surface area (Å²) >= 11 is 0. The zero-order valence-corrected chi connectivity index (χ0v) is 6.02. The minimum atomic E-state index is -0.0957. The van der Waals surface area contributed by atoms with E-state index in [1.54, 1.807) is 6.92 Å². The molecule has 0 aromatic rings. The van der Waals surface area contributed by atoms with Crippen molar-refractivity contribution in [3.05, 3.63) is 0 Å². The van der Waals surface area contributed by atoms with E-state index < -0.39 is 0 Å². The number of carbonyl (C=O) groups excluding carboxylic acids is 1. The third-order valence-corrected chi connectivity index (χ3v) is 0.972. The third-order valence-electron chi connectivity index (χ3n) is 0.516. The van der Waals surface area contributed by atoms with Crippen LogP contribution in [-0.2, 0) is 9.22 Å². The van der Waals surface area contributed by atoms with Gasteiger partial charge in [-0.2, -0.15) is 0 Å². The van der Waals surface area contributed by atoms with Gasteiger partial charge in [0.2, 0.25) is 10.5 Å². The topological polar surface area (TPSA) is 26.3 Å². The molecule has 0 amide bonds. The van der Waals surface area contributed by atoms with Gasteiger partial charge in [-0.05, 0) is 0 Å². The molecule has 0 heterocycles. The van der Waals surface area contributed by atoms with Crippen molar-refractivity contribution >= 4 is 46.0 Å². The van der Waals surface area contributed by atoms with Crippen LogP contribution in [0.5, 0.6) is 0 Å². The van der Waals surface area contributed by atoms with Gasteiger partial charge in [0, 0.05) is 6.42 Å². The van der Waals surface area contributed by atoms with Crippen LogP contribution in [0.1, 0.15) is 13.3 Å². The van der Waals surface area contributed by atoms with E-state index in [4.69, 9.17) is 0 Å². The summed E-state index contributed by atoms with van der Waals surface area (Å²) in [6.45, 7) is 1.78. The molecule has 0 saturated heterocycles. The number of rotatable bonds is 1. The summed E-state index contributed by atoms with van der Waals surface area (Å²) in [5, 5.41) is 0. The van der Waals surface area contributed by atoms with Crippen molar-refractivity contribution in [2.45, 2.75) is 13.3 Å². The maximum atomic E-state index is 9.99. The molecular weight excluding hydrogens is 119 g/mol. The summed E-state index contributed by atoms with van der Waals surface area (Å²) in [5.41, 5.74) is 0. The average molecular weight is 128 g/mol. The van der Waals surface area contributed by atoms with Gasteiger partial charge in [0.1, 0.15) is 0 Å². The first-order valence-electron chi connectivity index (χ1n) is 1.88. The van der Waals surface area contributed by atoms with Crippen molar-refractivity contribution in [1.82, 2.24) is 0 Å². The van der Waals surface area contributed by atoms with Crippen LogP contribution in [0.2, 0.25) is 0 Å². The average Bonchev–Trinajstić information content (AvgIpc) is 1.65. The molecule has 0 bridgehead atoms. The Morgan fingerprint density at radius 3 is 2.29 bits per heavy atom. The molecule has 0 aliphatic rings. The molecule has 2 nitrogen and oxygen atoms in total. The van der Waals surface area contributed by atoms with E-state index in [-0.39, 0.29) is 35.5 Å². The zero-order valence-electron chi connectivity index (χ0n) is 4.02. The van der Waals surface area contributed by atoms with Gasteiger partial charge in [-0.25, -0.2) is 0 Å². The van der Waals surface area contributed by atoms with Gasteiger partial charge in [-0.3, -0.25) is 4.79 Å². The summed E-state index contributed by atoms with van der Waals surface area (Å²) in [7, 11) is 0.533. The minimum absolute atomic E-state index is 0. The second kappa shape index (κ2) is 6.69. The van der Waals surface area contributed by atoms with E-state index in [2.05, 4.69) is 4.43 Å². The Hall–Kier alpha value is 0.687. The van der Waals surface area contributed by atoms with Crippen LogP contribution in [0, 0.1) is 0 Å². The van der Waals surface area contributed by atoms with Gasteiger partial charge in [-0.1, -0.05) is 6.92 Å². The SMILES string of the molecule is CCC(=O)O[SiH3].[NaH]. The van der Waals surface area contributed by atoms with E-state index >= 15 is 0 Å². The molecule has 0 aliphatic carbocycles. The van der Waals surface area contributed by atoms with Crippen molar-refractivity contribution in [2.24, 2.45) is 0 Å². The molecule has 0 unspecified atom stereocenters. The van der Waals surface area contributed by atoms with Gasteiger partial charge in [0.05, 0.1) is 0 Å². The normalized spacial score (nSPS) is 7.00. The van der Waals surface area contributed by atoms with Crippen molar-refractivity contribution < 1.29 is 9.22 Å². The van der Waals surface area contributed by atoms with E-state index in [9.17, 15) is 4.79 Å². The molecule has 0 rings (SSSR count). The zero-order chi connectivity index (χ0) is 4.99. The molecular formula is C3H9NaO2Si. The van der Waals surface area contributed by atoms with Crippen LogP contribution in [-0.4, -0.2) is 46.0 Å². The first kappa shape index (κ1) is 10.6. The molecule has 0 radical (unpaired) electrons. The van der Waals surface area contributed by atoms with E-state index in [0.29, 0.717) is 16.9 Å². The third kappa shape index (κ3) is 6.69. The Kier molecular flexibility index (Phi) is 10.2. The van der Waals surface area contributed by atoms with Gasteiger partial charge in [0.25, 0.3) is 5.97 Å². The first-order valence-corrected chi connectivity index (χ1v) is 2.69. The molecule has 7 heavy (non-hydrogen) atoms. The standard InChI is InChI=1S/C3H8O2Si.Na.H/c1-2-3(4)5-6;;/h2H2,1,6H3;;. The number of hydrogen-bond donors (Lipinski definition) is 0. The van der Waals surface area contributed by atoms with E-state index in [1.165, 1.54) is 0 Å². The number of carbonyl (C=O) groups is 1. The summed E-state index contributed by atoms with van der Waals surface area (Å²) in [6, 6.07) is 0. The molecule has 0 saturated carbocycles. The Labute approximate surface area is 68.5 Å². The Bertz CT molecular complexity index is 50.9. The van der Waals surface area contributed by atoms with Gasteiger partial charge in [0.15, 0.2) is 0 Å². The van der Waals surface area contributed by atoms with Gasteiger partial charge < -0.3 is 4.43 Å². The Morgan fingerprint density at radius 1 is 1.86 bits per heavy atom. The molecule has 0 aromatic carbocycles. The fraction of sp³-hybridized carbons (Fsp3) is 0.667. The Morgan fingerprint density at radius 2 is 2.29 bits per heavy atom. The van der Waals surface area contributed by atoms with Crippen molar-refractivity contribution in [3.8, 4) is 0 Å².